The summed E-state index contributed by atoms with van der Waals surface area (Å²) in [5.41, 5.74) is 0.875. The second kappa shape index (κ2) is 7.83. The molecule has 0 spiro atoms. The van der Waals surface area contributed by atoms with Gasteiger partial charge in [0, 0.05) is 18.3 Å². The maximum atomic E-state index is 12.3. The number of aromatic nitrogens is 2. The minimum atomic E-state index is -0.321. The van der Waals surface area contributed by atoms with Gasteiger partial charge < -0.3 is 20.1 Å². The van der Waals surface area contributed by atoms with E-state index in [1.54, 1.807) is 24.4 Å². The van der Waals surface area contributed by atoms with E-state index in [0.29, 0.717) is 42.1 Å². The lowest BCUT2D eigenvalue weighted by atomic mass is 10.1. The number of carbonyl (C=O) groups is 1. The Kier molecular flexibility index (Phi) is 5.33. The smallest absolute Gasteiger partial charge is 0.275 e. The molecule has 2 aromatic rings. The second-order valence-corrected chi connectivity index (χ2v) is 6.21. The van der Waals surface area contributed by atoms with Crippen molar-refractivity contribution < 1.29 is 14.3 Å². The van der Waals surface area contributed by atoms with E-state index in [1.165, 1.54) is 6.20 Å². The van der Waals surface area contributed by atoms with Gasteiger partial charge in [0.1, 0.15) is 24.7 Å². The predicted molar refractivity (Wildman–Crippen MR) is 95.4 cm³/mol. The summed E-state index contributed by atoms with van der Waals surface area (Å²) in [6, 6.07) is 5.28. The number of nitrogens with zero attached hydrogens (tertiary/aromatic N) is 2. The number of fused-ring (bicyclic) bond motifs is 1. The molecule has 0 aliphatic carbocycles. The van der Waals surface area contributed by atoms with Gasteiger partial charge in [0.15, 0.2) is 11.5 Å². The van der Waals surface area contributed by atoms with Crippen LogP contribution in [0.25, 0.3) is 0 Å². The quantitative estimate of drug-likeness (QED) is 0.839. The summed E-state index contributed by atoms with van der Waals surface area (Å²) in [5.74, 6) is 2.27. The van der Waals surface area contributed by atoms with E-state index in [2.05, 4.69) is 34.4 Å². The highest BCUT2D eigenvalue weighted by Crippen LogP contribution is 2.32. The molecule has 7 nitrogen and oxygen atoms in total. The van der Waals surface area contributed by atoms with Crippen LogP contribution in [-0.4, -0.2) is 35.6 Å². The molecule has 1 amide bonds. The Bertz CT molecular complexity index is 732. The molecule has 1 aromatic heterocycles. The zero-order chi connectivity index (χ0) is 17.6. The van der Waals surface area contributed by atoms with Gasteiger partial charge in [0.05, 0.1) is 12.4 Å². The topological polar surface area (TPSA) is 85.4 Å². The van der Waals surface area contributed by atoms with Crippen molar-refractivity contribution >= 4 is 17.4 Å². The summed E-state index contributed by atoms with van der Waals surface area (Å²) < 4.78 is 11.0. The van der Waals surface area contributed by atoms with Crippen molar-refractivity contribution in [2.24, 2.45) is 5.92 Å². The first-order valence-electron chi connectivity index (χ1n) is 8.39. The number of anilines is 2. The van der Waals surface area contributed by atoms with E-state index < -0.39 is 0 Å². The first kappa shape index (κ1) is 17.0. The second-order valence-electron chi connectivity index (χ2n) is 6.21. The monoisotopic (exact) mass is 342 g/mol. The van der Waals surface area contributed by atoms with Crippen LogP contribution < -0.4 is 20.1 Å². The van der Waals surface area contributed by atoms with Gasteiger partial charge in [-0.2, -0.15) is 0 Å². The number of nitrogens with one attached hydrogen (secondary N) is 2. The van der Waals surface area contributed by atoms with Gasteiger partial charge in [-0.1, -0.05) is 13.8 Å². The first-order valence-corrected chi connectivity index (χ1v) is 8.39. The van der Waals surface area contributed by atoms with Gasteiger partial charge in [-0.3, -0.25) is 4.79 Å². The molecule has 3 rings (SSSR count). The van der Waals surface area contributed by atoms with Crippen LogP contribution in [0.3, 0.4) is 0 Å². The zero-order valence-corrected chi connectivity index (χ0v) is 14.4. The fourth-order valence-electron chi connectivity index (χ4n) is 2.34. The average Bonchev–Trinajstić information content (AvgIpc) is 2.62. The largest absolute Gasteiger partial charge is 0.486 e. The van der Waals surface area contributed by atoms with Crippen molar-refractivity contribution in [3.63, 3.8) is 0 Å². The van der Waals surface area contributed by atoms with Gasteiger partial charge >= 0.3 is 0 Å². The van der Waals surface area contributed by atoms with Crippen LogP contribution in [0.1, 0.15) is 30.8 Å². The van der Waals surface area contributed by atoms with Crippen molar-refractivity contribution in [1.29, 1.82) is 0 Å². The standard InChI is InChI=1S/C18H22N4O3/c1-12(2)5-6-19-17-11-20-14(10-21-17)18(23)22-13-3-4-15-16(9-13)25-8-7-24-15/h3-4,9-12H,5-8H2,1-2H3,(H,19,21)(H,22,23). The van der Waals surface area contributed by atoms with E-state index >= 15 is 0 Å². The van der Waals surface area contributed by atoms with Crippen LogP contribution in [0.4, 0.5) is 11.5 Å². The molecule has 7 heteroatoms. The summed E-state index contributed by atoms with van der Waals surface area (Å²) in [4.78, 5) is 20.7. The van der Waals surface area contributed by atoms with Crippen molar-refractivity contribution in [3.8, 4) is 11.5 Å². The third-order valence-corrected chi connectivity index (χ3v) is 3.71. The number of carbonyl (C=O) groups excluding carboxylic acids is 1. The molecule has 1 aliphatic heterocycles. The van der Waals surface area contributed by atoms with Gasteiger partial charge in [-0.05, 0) is 24.5 Å². The molecule has 0 atom stereocenters. The van der Waals surface area contributed by atoms with Crippen LogP contribution in [-0.2, 0) is 0 Å². The Labute approximate surface area is 146 Å². The molecule has 25 heavy (non-hydrogen) atoms. The maximum absolute atomic E-state index is 12.3. The number of ether oxygens (including phenoxy) is 2. The molecule has 132 valence electrons. The van der Waals surface area contributed by atoms with Gasteiger partial charge in [0.2, 0.25) is 0 Å². The van der Waals surface area contributed by atoms with Gasteiger partial charge in [-0.15, -0.1) is 0 Å². The molecule has 0 saturated carbocycles. The molecule has 1 aromatic carbocycles. The molecule has 2 N–H and O–H groups in total. The van der Waals surface area contributed by atoms with Crippen LogP contribution in [0.15, 0.2) is 30.6 Å². The van der Waals surface area contributed by atoms with E-state index in [1.807, 2.05) is 0 Å². The lowest BCUT2D eigenvalue weighted by Gasteiger charge is -2.18. The Morgan fingerprint density at radius 1 is 1.16 bits per heavy atom. The van der Waals surface area contributed by atoms with Crippen LogP contribution >= 0.6 is 0 Å². The number of hydrogen-bond acceptors (Lipinski definition) is 6. The highest BCUT2D eigenvalue weighted by Gasteiger charge is 2.14. The molecule has 0 unspecified atom stereocenters. The summed E-state index contributed by atoms with van der Waals surface area (Å²) in [5, 5.41) is 5.98. The Hall–Kier alpha value is -2.83. The lowest BCUT2D eigenvalue weighted by Crippen LogP contribution is -2.17. The summed E-state index contributed by atoms with van der Waals surface area (Å²) in [6.07, 6.45) is 4.08. The molecule has 0 fully saturated rings. The number of hydrogen-bond donors (Lipinski definition) is 2. The Morgan fingerprint density at radius 3 is 2.68 bits per heavy atom. The van der Waals surface area contributed by atoms with Crippen LogP contribution in [0, 0.1) is 5.92 Å². The third kappa shape index (κ3) is 4.59. The molecule has 2 heterocycles. The minimum Gasteiger partial charge on any atom is -0.486 e. The Morgan fingerprint density at radius 2 is 1.96 bits per heavy atom. The summed E-state index contributed by atoms with van der Waals surface area (Å²) >= 11 is 0. The molecular weight excluding hydrogens is 320 g/mol. The molecular formula is C18H22N4O3. The lowest BCUT2D eigenvalue weighted by molar-refractivity contribution is 0.102. The highest BCUT2D eigenvalue weighted by molar-refractivity contribution is 6.02. The fraction of sp³-hybridized carbons (Fsp3) is 0.389. The fourth-order valence-corrected chi connectivity index (χ4v) is 2.34. The molecule has 1 aliphatic rings. The van der Waals surface area contributed by atoms with Crippen molar-refractivity contribution in [3.05, 3.63) is 36.3 Å². The molecule has 0 bridgehead atoms. The number of rotatable bonds is 6. The Balaban J connectivity index is 1.59. The first-order chi connectivity index (χ1) is 12.1. The predicted octanol–water partition coefficient (Wildman–Crippen LogP) is 2.96. The normalized spacial score (nSPS) is 12.8. The van der Waals surface area contributed by atoms with Crippen molar-refractivity contribution in [1.82, 2.24) is 9.97 Å². The minimum absolute atomic E-state index is 0.254. The van der Waals surface area contributed by atoms with Gasteiger partial charge in [0.25, 0.3) is 5.91 Å². The number of benzene rings is 1. The average molecular weight is 342 g/mol. The van der Waals surface area contributed by atoms with Crippen molar-refractivity contribution in [2.75, 3.05) is 30.4 Å². The van der Waals surface area contributed by atoms with E-state index in [4.69, 9.17) is 9.47 Å². The zero-order valence-electron chi connectivity index (χ0n) is 14.4. The highest BCUT2D eigenvalue weighted by atomic mass is 16.6. The third-order valence-electron chi connectivity index (χ3n) is 3.71. The van der Waals surface area contributed by atoms with E-state index in [0.717, 1.165) is 13.0 Å². The van der Waals surface area contributed by atoms with E-state index in [9.17, 15) is 4.79 Å². The summed E-state index contributed by atoms with van der Waals surface area (Å²) in [7, 11) is 0. The summed E-state index contributed by atoms with van der Waals surface area (Å²) in [6.45, 7) is 6.19. The molecule has 0 saturated heterocycles. The van der Waals surface area contributed by atoms with Crippen molar-refractivity contribution in [2.45, 2.75) is 20.3 Å². The SMILES string of the molecule is CC(C)CCNc1cnc(C(=O)Nc2ccc3c(c2)OCCO3)cn1. The van der Waals surface area contributed by atoms with Gasteiger partial charge in [-0.25, -0.2) is 9.97 Å². The molecule has 0 radical (unpaired) electrons. The number of amides is 1. The van der Waals surface area contributed by atoms with Crippen LogP contribution in [0.2, 0.25) is 0 Å². The van der Waals surface area contributed by atoms with E-state index in [-0.39, 0.29) is 11.6 Å². The maximum Gasteiger partial charge on any atom is 0.275 e. The van der Waals surface area contributed by atoms with Crippen LogP contribution in [0.5, 0.6) is 11.5 Å².